The van der Waals surface area contributed by atoms with Crippen LogP contribution < -0.4 is 21.3 Å². The van der Waals surface area contributed by atoms with Crippen molar-refractivity contribution in [2.45, 2.75) is 101 Å². The average molecular weight is 386 g/mol. The van der Waals surface area contributed by atoms with Crippen LogP contribution in [-0.4, -0.2) is 42.2 Å². The largest absolute Gasteiger partial charge is 0.311 e. The van der Waals surface area contributed by atoms with Gasteiger partial charge in [-0.15, -0.1) is 0 Å². The first kappa shape index (κ1) is 20.3. The van der Waals surface area contributed by atoms with Crippen LogP contribution in [0.1, 0.15) is 88.7 Å². The van der Waals surface area contributed by atoms with Gasteiger partial charge in [-0.3, -0.25) is 4.98 Å². The molecule has 156 valence electrons. The summed E-state index contributed by atoms with van der Waals surface area (Å²) in [4.78, 5) is 5.06. The van der Waals surface area contributed by atoms with Gasteiger partial charge in [0.15, 0.2) is 0 Å². The van der Waals surface area contributed by atoms with Crippen molar-refractivity contribution in [2.24, 2.45) is 0 Å². The van der Waals surface area contributed by atoms with E-state index in [1.807, 2.05) is 0 Å². The van der Waals surface area contributed by atoms with Crippen LogP contribution >= 0.6 is 0 Å². The fourth-order valence-corrected chi connectivity index (χ4v) is 5.43. The van der Waals surface area contributed by atoms with Gasteiger partial charge in [0.1, 0.15) is 0 Å². The van der Waals surface area contributed by atoms with Gasteiger partial charge in [-0.1, -0.05) is 31.7 Å². The fourth-order valence-electron chi connectivity index (χ4n) is 5.43. The lowest BCUT2D eigenvalue weighted by atomic mass is 9.89. The first-order valence-electron chi connectivity index (χ1n) is 11.7. The minimum Gasteiger partial charge on any atom is -0.311 e. The number of hydrogen-bond donors (Lipinski definition) is 4. The molecule has 2 aliphatic carbocycles. The third kappa shape index (κ3) is 4.93. The topological polar surface area (TPSA) is 61.0 Å². The molecule has 2 saturated carbocycles. The smallest absolute Gasteiger partial charge is 0.0574 e. The number of fused-ring (bicyclic) bond motifs is 4. The van der Waals surface area contributed by atoms with Crippen LogP contribution in [-0.2, 0) is 0 Å². The highest BCUT2D eigenvalue weighted by molar-refractivity contribution is 5.17. The highest BCUT2D eigenvalue weighted by Gasteiger charge is 2.29. The number of nitrogens with zero attached hydrogens (tertiary/aromatic N) is 1. The molecular formula is C23H39N5. The maximum atomic E-state index is 5.06. The molecule has 0 aromatic carbocycles. The summed E-state index contributed by atoms with van der Waals surface area (Å²) in [6.07, 6.45) is 10.4. The Balaban J connectivity index is 1.56. The maximum Gasteiger partial charge on any atom is 0.0574 e. The second-order valence-corrected chi connectivity index (χ2v) is 9.17. The van der Waals surface area contributed by atoms with Crippen molar-refractivity contribution in [3.8, 4) is 0 Å². The molecule has 2 heterocycles. The zero-order valence-electron chi connectivity index (χ0n) is 17.7. The Hall–Kier alpha value is -1.01. The van der Waals surface area contributed by atoms with E-state index in [2.05, 4.69) is 53.3 Å². The third-order valence-corrected chi connectivity index (χ3v) is 7.08. The van der Waals surface area contributed by atoms with Gasteiger partial charge in [-0.05, 0) is 51.7 Å². The van der Waals surface area contributed by atoms with E-state index in [4.69, 9.17) is 4.98 Å². The van der Waals surface area contributed by atoms with E-state index in [0.717, 1.165) is 13.1 Å². The van der Waals surface area contributed by atoms with Crippen molar-refractivity contribution in [2.75, 3.05) is 13.1 Å². The molecule has 4 N–H and O–H groups in total. The summed E-state index contributed by atoms with van der Waals surface area (Å²) < 4.78 is 0. The van der Waals surface area contributed by atoms with Gasteiger partial charge in [-0.2, -0.15) is 0 Å². The zero-order chi connectivity index (χ0) is 19.3. The molecule has 4 rings (SSSR count). The van der Waals surface area contributed by atoms with Crippen LogP contribution in [0.15, 0.2) is 18.2 Å². The molecule has 5 nitrogen and oxygen atoms in total. The second-order valence-electron chi connectivity index (χ2n) is 9.17. The summed E-state index contributed by atoms with van der Waals surface area (Å²) in [5, 5.41) is 15.5. The molecule has 2 fully saturated rings. The van der Waals surface area contributed by atoms with Crippen molar-refractivity contribution in [1.82, 2.24) is 26.3 Å². The lowest BCUT2D eigenvalue weighted by Crippen LogP contribution is -2.54. The third-order valence-electron chi connectivity index (χ3n) is 7.08. The summed E-state index contributed by atoms with van der Waals surface area (Å²) in [5.74, 6) is 0. The minimum absolute atomic E-state index is 0.283. The predicted octanol–water partition coefficient (Wildman–Crippen LogP) is 3.20. The summed E-state index contributed by atoms with van der Waals surface area (Å²) in [6, 6.07) is 9.34. The van der Waals surface area contributed by atoms with Gasteiger partial charge in [0.25, 0.3) is 0 Å². The Bertz CT molecular complexity index is 572. The molecule has 0 spiro atoms. The van der Waals surface area contributed by atoms with Crippen molar-refractivity contribution >= 4 is 0 Å². The van der Waals surface area contributed by atoms with Gasteiger partial charge >= 0.3 is 0 Å². The first-order valence-corrected chi connectivity index (χ1v) is 11.7. The van der Waals surface area contributed by atoms with Crippen LogP contribution in [0, 0.1) is 0 Å². The SMILES string of the molecule is C[C@@H]1N[C@@H]2CCCC[C@H]2NCCN[C@@H]2CCCC[C@H]2N[C@H](C)c2cccc1n2. The van der Waals surface area contributed by atoms with E-state index in [0.29, 0.717) is 24.2 Å². The quantitative estimate of drug-likeness (QED) is 0.552. The van der Waals surface area contributed by atoms with E-state index in [1.54, 1.807) is 0 Å². The number of rotatable bonds is 0. The van der Waals surface area contributed by atoms with Gasteiger partial charge in [0.2, 0.25) is 0 Å². The number of hydrogen-bond acceptors (Lipinski definition) is 5. The summed E-state index contributed by atoms with van der Waals surface area (Å²) in [6.45, 7) is 6.66. The standard InChI is InChI=1S/C23H39N5/c1-16-18-12-7-13-19(28-18)17(2)27-23-11-6-4-9-21(23)25-15-14-24-20-8-3-5-10-22(20)26-16/h7,12-13,16-17,20-27H,3-6,8-11,14-15H2,1-2H3/t16-,17+,20-,21-,22-,23-/m1/s1. The molecule has 0 unspecified atom stereocenters. The van der Waals surface area contributed by atoms with E-state index in [-0.39, 0.29) is 12.1 Å². The van der Waals surface area contributed by atoms with Crippen molar-refractivity contribution in [3.05, 3.63) is 29.6 Å². The second kappa shape index (κ2) is 9.66. The predicted molar refractivity (Wildman–Crippen MR) is 115 cm³/mol. The molecule has 2 bridgehead atoms. The molecule has 0 saturated heterocycles. The Morgan fingerprint density at radius 3 is 1.57 bits per heavy atom. The summed E-state index contributed by atoms with van der Waals surface area (Å²) >= 11 is 0. The first-order chi connectivity index (χ1) is 13.7. The lowest BCUT2D eigenvalue weighted by molar-refractivity contribution is 0.254. The normalized spacial score (nSPS) is 37.8. The Labute approximate surface area is 170 Å². The highest BCUT2D eigenvalue weighted by atomic mass is 15.1. The molecule has 28 heavy (non-hydrogen) atoms. The number of pyridine rings is 1. The fraction of sp³-hybridized carbons (Fsp3) is 0.783. The van der Waals surface area contributed by atoms with Gasteiger partial charge in [0, 0.05) is 49.3 Å². The summed E-state index contributed by atoms with van der Waals surface area (Å²) in [5.41, 5.74) is 2.34. The van der Waals surface area contributed by atoms with Crippen LogP contribution in [0.5, 0.6) is 0 Å². The molecule has 0 radical (unpaired) electrons. The van der Waals surface area contributed by atoms with Crippen molar-refractivity contribution < 1.29 is 0 Å². The van der Waals surface area contributed by atoms with Crippen molar-refractivity contribution in [1.29, 1.82) is 0 Å². The minimum atomic E-state index is 0.283. The Kier molecular flexibility index (Phi) is 6.99. The Morgan fingerprint density at radius 1 is 0.679 bits per heavy atom. The van der Waals surface area contributed by atoms with E-state index in [9.17, 15) is 0 Å². The number of aromatic nitrogens is 1. The highest BCUT2D eigenvalue weighted by Crippen LogP contribution is 2.24. The van der Waals surface area contributed by atoms with Crippen LogP contribution in [0.25, 0.3) is 0 Å². The van der Waals surface area contributed by atoms with E-state index in [1.165, 1.54) is 62.8 Å². The Morgan fingerprint density at radius 2 is 1.11 bits per heavy atom. The van der Waals surface area contributed by atoms with Gasteiger partial charge in [0.05, 0.1) is 11.4 Å². The van der Waals surface area contributed by atoms with E-state index < -0.39 is 0 Å². The maximum absolute atomic E-state index is 5.06. The van der Waals surface area contributed by atoms with Crippen LogP contribution in [0.2, 0.25) is 0 Å². The zero-order valence-corrected chi connectivity index (χ0v) is 17.7. The summed E-state index contributed by atoms with van der Waals surface area (Å²) in [7, 11) is 0. The molecular weight excluding hydrogens is 346 g/mol. The molecule has 1 aliphatic heterocycles. The molecule has 1 aromatic heterocycles. The van der Waals surface area contributed by atoms with Crippen molar-refractivity contribution in [3.63, 3.8) is 0 Å². The molecule has 5 heteroatoms. The molecule has 0 amide bonds. The average Bonchev–Trinajstić information content (AvgIpc) is 2.73. The molecule has 3 aliphatic rings. The van der Waals surface area contributed by atoms with Crippen LogP contribution in [0.3, 0.4) is 0 Å². The number of nitrogens with one attached hydrogen (secondary N) is 4. The van der Waals surface area contributed by atoms with E-state index >= 15 is 0 Å². The van der Waals surface area contributed by atoms with Crippen LogP contribution in [0.4, 0.5) is 0 Å². The monoisotopic (exact) mass is 385 g/mol. The van der Waals surface area contributed by atoms with Gasteiger partial charge < -0.3 is 21.3 Å². The molecule has 6 atom stereocenters. The molecule has 1 aromatic rings. The van der Waals surface area contributed by atoms with Gasteiger partial charge in [-0.25, -0.2) is 0 Å². The lowest BCUT2D eigenvalue weighted by Gasteiger charge is -2.36.